The minimum absolute atomic E-state index is 0.0806. The summed E-state index contributed by atoms with van der Waals surface area (Å²) in [6.07, 6.45) is 0.0806. The zero-order valence-electron chi connectivity index (χ0n) is 9.03. The molecule has 6 heteroatoms. The molecule has 0 spiro atoms. The fraction of sp³-hybridized carbons (Fsp3) is 0.778. The molecule has 1 rings (SSSR count). The molecule has 0 radical (unpaired) electrons. The van der Waals surface area contributed by atoms with E-state index in [1.807, 2.05) is 0 Å². The maximum Gasteiger partial charge on any atom is 0.353 e. The molecule has 0 aromatic carbocycles. The van der Waals surface area contributed by atoms with Crippen molar-refractivity contribution in [3.8, 4) is 0 Å². The van der Waals surface area contributed by atoms with Crippen LogP contribution in [0.5, 0.6) is 0 Å². The number of nitrogens with two attached hydrogens (primary N) is 1. The Balaban J connectivity index is 2.83. The predicted molar refractivity (Wildman–Crippen MR) is 49.4 cm³/mol. The Morgan fingerprint density at radius 3 is 2.47 bits per heavy atom. The molecule has 1 atom stereocenters. The van der Waals surface area contributed by atoms with Gasteiger partial charge in [0.25, 0.3) is 5.60 Å². The number of hydrogen-bond acceptors (Lipinski definition) is 6. The van der Waals surface area contributed by atoms with E-state index in [1.54, 1.807) is 20.8 Å². The van der Waals surface area contributed by atoms with Gasteiger partial charge in [0, 0.05) is 6.42 Å². The average Bonchev–Trinajstić information content (AvgIpc) is 2.44. The van der Waals surface area contributed by atoms with Crippen LogP contribution in [0.1, 0.15) is 27.2 Å². The number of cyclic esters (lactones) is 1. The molecule has 1 heterocycles. The van der Waals surface area contributed by atoms with Crippen molar-refractivity contribution in [2.45, 2.75) is 38.4 Å². The average molecular weight is 217 g/mol. The van der Waals surface area contributed by atoms with Gasteiger partial charge in [-0.1, -0.05) is 0 Å². The van der Waals surface area contributed by atoms with E-state index in [0.29, 0.717) is 0 Å². The Bertz CT molecular complexity index is 283. The normalized spacial score (nSPS) is 26.3. The van der Waals surface area contributed by atoms with Gasteiger partial charge < -0.3 is 9.47 Å². The van der Waals surface area contributed by atoms with Crippen molar-refractivity contribution in [2.24, 2.45) is 5.90 Å². The zero-order valence-corrected chi connectivity index (χ0v) is 9.03. The largest absolute Gasteiger partial charge is 0.463 e. The van der Waals surface area contributed by atoms with Gasteiger partial charge in [-0.15, -0.1) is 0 Å². The van der Waals surface area contributed by atoms with Gasteiger partial charge in [-0.2, -0.15) is 0 Å². The highest BCUT2D eigenvalue weighted by molar-refractivity contribution is 6.04. The Labute approximate surface area is 87.6 Å². The molecule has 86 valence electrons. The van der Waals surface area contributed by atoms with Crippen molar-refractivity contribution in [2.75, 3.05) is 6.61 Å². The van der Waals surface area contributed by atoms with E-state index in [1.165, 1.54) is 0 Å². The summed E-state index contributed by atoms with van der Waals surface area (Å²) < 4.78 is 9.69. The monoisotopic (exact) mass is 217 g/mol. The van der Waals surface area contributed by atoms with E-state index in [4.69, 9.17) is 10.6 Å². The van der Waals surface area contributed by atoms with Crippen LogP contribution in [0.15, 0.2) is 0 Å². The van der Waals surface area contributed by atoms with Gasteiger partial charge in [0.05, 0.1) is 6.61 Å². The third-order valence-corrected chi connectivity index (χ3v) is 1.95. The minimum Gasteiger partial charge on any atom is -0.463 e. The Hall–Kier alpha value is -1.14. The molecular formula is C9H15NO5. The van der Waals surface area contributed by atoms with E-state index >= 15 is 0 Å². The van der Waals surface area contributed by atoms with Crippen LogP contribution in [0.4, 0.5) is 0 Å². The third-order valence-electron chi connectivity index (χ3n) is 1.95. The summed E-state index contributed by atoms with van der Waals surface area (Å²) in [6, 6.07) is 0. The predicted octanol–water partition coefficient (Wildman–Crippen LogP) is -0.0959. The summed E-state index contributed by atoms with van der Waals surface area (Å²) in [5, 5.41) is 0. The van der Waals surface area contributed by atoms with E-state index < -0.39 is 23.1 Å². The van der Waals surface area contributed by atoms with Crippen LogP contribution in [0.3, 0.4) is 0 Å². The first-order valence-electron chi connectivity index (χ1n) is 4.60. The van der Waals surface area contributed by atoms with Crippen molar-refractivity contribution in [1.29, 1.82) is 0 Å². The molecule has 1 fully saturated rings. The fourth-order valence-corrected chi connectivity index (χ4v) is 1.21. The van der Waals surface area contributed by atoms with Crippen LogP contribution >= 0.6 is 0 Å². The highest BCUT2D eigenvalue weighted by atomic mass is 16.7. The van der Waals surface area contributed by atoms with Gasteiger partial charge in [0.1, 0.15) is 5.60 Å². The second-order valence-corrected chi connectivity index (χ2v) is 4.33. The number of carbonyl (C=O) groups is 2. The van der Waals surface area contributed by atoms with Gasteiger partial charge in [-0.05, 0) is 20.8 Å². The van der Waals surface area contributed by atoms with Gasteiger partial charge in [-0.3, -0.25) is 4.84 Å². The molecule has 0 saturated carbocycles. The van der Waals surface area contributed by atoms with E-state index in [9.17, 15) is 9.59 Å². The number of carbonyl (C=O) groups excluding carboxylic acids is 2. The van der Waals surface area contributed by atoms with E-state index in [0.717, 1.165) is 0 Å². The molecule has 1 aliphatic heterocycles. The quantitative estimate of drug-likeness (QED) is 0.395. The van der Waals surface area contributed by atoms with Crippen LogP contribution in [0, 0.1) is 0 Å². The highest BCUT2D eigenvalue weighted by Crippen LogP contribution is 2.26. The first kappa shape index (κ1) is 11.9. The van der Waals surface area contributed by atoms with Crippen molar-refractivity contribution in [3.05, 3.63) is 0 Å². The SMILES string of the molecule is CC(C)(C)OC(=O)C1(ON)CCOC1=O. The number of esters is 2. The second kappa shape index (κ2) is 3.79. The second-order valence-electron chi connectivity index (χ2n) is 4.33. The molecule has 2 N–H and O–H groups in total. The van der Waals surface area contributed by atoms with Crippen LogP contribution in [0.25, 0.3) is 0 Å². The molecule has 6 nitrogen and oxygen atoms in total. The summed E-state index contributed by atoms with van der Waals surface area (Å²) in [4.78, 5) is 27.5. The van der Waals surface area contributed by atoms with Gasteiger partial charge in [0.2, 0.25) is 0 Å². The molecule has 1 saturated heterocycles. The van der Waals surface area contributed by atoms with Crippen molar-refractivity contribution in [1.82, 2.24) is 0 Å². The fourth-order valence-electron chi connectivity index (χ4n) is 1.21. The van der Waals surface area contributed by atoms with Crippen molar-refractivity contribution in [3.63, 3.8) is 0 Å². The van der Waals surface area contributed by atoms with Crippen molar-refractivity contribution >= 4 is 11.9 Å². The first-order chi connectivity index (χ1) is 6.82. The van der Waals surface area contributed by atoms with E-state index in [2.05, 4.69) is 9.57 Å². The topological polar surface area (TPSA) is 87.8 Å². The van der Waals surface area contributed by atoms with Gasteiger partial charge >= 0.3 is 11.9 Å². The molecule has 0 aromatic heterocycles. The number of hydrogen-bond donors (Lipinski definition) is 1. The molecule has 0 bridgehead atoms. The molecule has 1 aliphatic rings. The first-order valence-corrected chi connectivity index (χ1v) is 4.60. The summed E-state index contributed by atoms with van der Waals surface area (Å²) in [7, 11) is 0. The Morgan fingerprint density at radius 2 is 2.13 bits per heavy atom. The minimum atomic E-state index is -1.78. The molecular weight excluding hydrogens is 202 g/mol. The van der Waals surface area contributed by atoms with Crippen LogP contribution < -0.4 is 5.90 Å². The summed E-state index contributed by atoms with van der Waals surface area (Å²) in [5.74, 6) is 3.38. The van der Waals surface area contributed by atoms with Gasteiger partial charge in [0.15, 0.2) is 0 Å². The number of rotatable bonds is 2. The Morgan fingerprint density at radius 1 is 1.53 bits per heavy atom. The maximum atomic E-state index is 11.7. The smallest absolute Gasteiger partial charge is 0.353 e. The van der Waals surface area contributed by atoms with Crippen LogP contribution in [0.2, 0.25) is 0 Å². The Kier molecular flexibility index (Phi) is 3.01. The lowest BCUT2D eigenvalue weighted by Gasteiger charge is -2.26. The lowest BCUT2D eigenvalue weighted by molar-refractivity contribution is -0.189. The lowest BCUT2D eigenvalue weighted by atomic mass is 10.0. The zero-order chi connectivity index (χ0) is 11.7. The standard InChI is InChI=1S/C9H15NO5/c1-8(2,3)14-7(12)9(15-10)4-5-13-6(9)11/h4-5,10H2,1-3H3. The summed E-state index contributed by atoms with van der Waals surface area (Å²) in [5.41, 5.74) is -2.49. The van der Waals surface area contributed by atoms with Crippen LogP contribution in [-0.2, 0) is 23.9 Å². The molecule has 0 aromatic rings. The van der Waals surface area contributed by atoms with Crippen molar-refractivity contribution < 1.29 is 23.9 Å². The lowest BCUT2D eigenvalue weighted by Crippen LogP contribution is -2.50. The summed E-state index contributed by atoms with van der Waals surface area (Å²) in [6.45, 7) is 5.18. The van der Waals surface area contributed by atoms with E-state index in [-0.39, 0.29) is 13.0 Å². The molecule has 1 unspecified atom stereocenters. The number of ether oxygens (including phenoxy) is 2. The molecule has 15 heavy (non-hydrogen) atoms. The molecule has 0 aliphatic carbocycles. The third kappa shape index (κ3) is 2.27. The molecule has 0 amide bonds. The highest BCUT2D eigenvalue weighted by Gasteiger charge is 2.55. The van der Waals surface area contributed by atoms with Crippen LogP contribution in [-0.4, -0.2) is 29.7 Å². The summed E-state index contributed by atoms with van der Waals surface area (Å²) >= 11 is 0. The van der Waals surface area contributed by atoms with Gasteiger partial charge in [-0.25, -0.2) is 15.5 Å². The maximum absolute atomic E-state index is 11.7.